The summed E-state index contributed by atoms with van der Waals surface area (Å²) >= 11 is 0. The van der Waals surface area contributed by atoms with Crippen LogP contribution in [0.5, 0.6) is 0 Å². The molecule has 23 heavy (non-hydrogen) atoms. The molecule has 2 aromatic heterocycles. The van der Waals surface area contributed by atoms with Crippen molar-refractivity contribution in [3.63, 3.8) is 0 Å². The van der Waals surface area contributed by atoms with E-state index in [0.29, 0.717) is 17.7 Å². The van der Waals surface area contributed by atoms with Crippen LogP contribution in [0.2, 0.25) is 0 Å². The third-order valence-corrected chi connectivity index (χ3v) is 3.48. The van der Waals surface area contributed by atoms with Crippen molar-refractivity contribution in [1.82, 2.24) is 9.97 Å². The van der Waals surface area contributed by atoms with Gasteiger partial charge in [0.15, 0.2) is 0 Å². The van der Waals surface area contributed by atoms with Crippen molar-refractivity contribution in [2.45, 2.75) is 6.42 Å². The number of pyridine rings is 2. The lowest BCUT2D eigenvalue weighted by Gasteiger charge is -2.05. The summed E-state index contributed by atoms with van der Waals surface area (Å²) in [7, 11) is 1.35. The number of esters is 1. The molecule has 5 nitrogen and oxygen atoms in total. The molecule has 112 valence electrons. The summed E-state index contributed by atoms with van der Waals surface area (Å²) < 4.78 is 4.72. The Morgan fingerprint density at radius 1 is 1.22 bits per heavy atom. The number of nitrogens with zero attached hydrogens (tertiary/aromatic N) is 3. The summed E-state index contributed by atoms with van der Waals surface area (Å²) in [6, 6.07) is 11.0. The van der Waals surface area contributed by atoms with E-state index in [9.17, 15) is 4.79 Å². The first-order valence-electron chi connectivity index (χ1n) is 6.99. The molecule has 1 aromatic carbocycles. The van der Waals surface area contributed by atoms with Crippen LogP contribution in [-0.2, 0) is 11.2 Å². The van der Waals surface area contributed by atoms with Gasteiger partial charge in [0, 0.05) is 24.5 Å². The molecule has 3 rings (SSSR count). The summed E-state index contributed by atoms with van der Waals surface area (Å²) in [4.78, 5) is 23.5. The Morgan fingerprint density at radius 3 is 2.87 bits per heavy atom. The normalized spacial score (nSPS) is 10.3. The number of hydrogen-bond donors (Lipinski definition) is 0. The fraction of sp³-hybridized carbons (Fsp3) is 0.111. The summed E-state index contributed by atoms with van der Waals surface area (Å²) in [5, 5.41) is 0.917. The van der Waals surface area contributed by atoms with E-state index in [1.807, 2.05) is 24.3 Å². The van der Waals surface area contributed by atoms with Crippen molar-refractivity contribution >= 4 is 22.6 Å². The second-order valence-electron chi connectivity index (χ2n) is 5.04. The van der Waals surface area contributed by atoms with Gasteiger partial charge in [0.05, 0.1) is 24.8 Å². The molecule has 2 heterocycles. The molecule has 0 aliphatic carbocycles. The third-order valence-electron chi connectivity index (χ3n) is 3.48. The minimum absolute atomic E-state index is 0.377. The Hall–Kier alpha value is -3.26. The lowest BCUT2D eigenvalue weighted by atomic mass is 10.0. The zero-order valence-electron chi connectivity index (χ0n) is 12.5. The first-order chi connectivity index (χ1) is 11.2. The largest absolute Gasteiger partial charge is 0.465 e. The van der Waals surface area contributed by atoms with Crippen LogP contribution in [0.3, 0.4) is 0 Å². The maximum atomic E-state index is 11.6. The second-order valence-corrected chi connectivity index (χ2v) is 5.04. The highest BCUT2D eigenvalue weighted by molar-refractivity contribution is 5.89. The van der Waals surface area contributed by atoms with Gasteiger partial charge in [0.1, 0.15) is 0 Å². The monoisotopic (exact) mass is 303 g/mol. The highest BCUT2D eigenvalue weighted by Crippen LogP contribution is 2.21. The van der Waals surface area contributed by atoms with Gasteiger partial charge in [-0.05, 0) is 35.2 Å². The van der Waals surface area contributed by atoms with E-state index in [1.54, 1.807) is 24.5 Å². The molecule has 0 saturated heterocycles. The van der Waals surface area contributed by atoms with Gasteiger partial charge in [-0.2, -0.15) is 0 Å². The first kappa shape index (κ1) is 14.7. The van der Waals surface area contributed by atoms with E-state index in [2.05, 4.69) is 14.8 Å². The molecule has 0 aliphatic rings. The summed E-state index contributed by atoms with van der Waals surface area (Å²) in [5.41, 5.74) is 3.66. The van der Waals surface area contributed by atoms with Crippen LogP contribution < -0.4 is 0 Å². The molecule has 0 saturated carbocycles. The molecule has 0 fully saturated rings. The lowest BCUT2D eigenvalue weighted by molar-refractivity contribution is 0.0600. The van der Waals surface area contributed by atoms with Crippen LogP contribution >= 0.6 is 0 Å². The number of carbonyl (C=O) groups is 1. The molecular formula is C18H13N3O2. The topological polar surface area (TPSA) is 56.4 Å². The average molecular weight is 303 g/mol. The van der Waals surface area contributed by atoms with E-state index in [0.717, 1.165) is 22.2 Å². The second kappa shape index (κ2) is 6.24. The average Bonchev–Trinajstić information content (AvgIpc) is 2.60. The van der Waals surface area contributed by atoms with E-state index < -0.39 is 0 Å². The molecule has 0 amide bonds. The van der Waals surface area contributed by atoms with Gasteiger partial charge in [0.25, 0.3) is 0 Å². The van der Waals surface area contributed by atoms with Gasteiger partial charge >= 0.3 is 5.97 Å². The van der Waals surface area contributed by atoms with E-state index in [4.69, 9.17) is 11.3 Å². The third kappa shape index (κ3) is 3.16. The number of aromatic nitrogens is 2. The van der Waals surface area contributed by atoms with Crippen LogP contribution in [-0.4, -0.2) is 23.0 Å². The van der Waals surface area contributed by atoms with Crippen LogP contribution in [0.15, 0.2) is 48.8 Å². The predicted molar refractivity (Wildman–Crippen MR) is 86.4 cm³/mol. The maximum absolute atomic E-state index is 11.6. The van der Waals surface area contributed by atoms with Crippen LogP contribution in [0.1, 0.15) is 21.6 Å². The molecular weight excluding hydrogens is 290 g/mol. The number of fused-ring (bicyclic) bond motifs is 1. The fourth-order valence-corrected chi connectivity index (χ4v) is 2.37. The van der Waals surface area contributed by atoms with Crippen molar-refractivity contribution < 1.29 is 9.53 Å². The molecule has 0 N–H and O–H groups in total. The molecule has 0 atom stereocenters. The van der Waals surface area contributed by atoms with Crippen molar-refractivity contribution in [3.8, 4) is 0 Å². The minimum atomic E-state index is -0.377. The van der Waals surface area contributed by atoms with Crippen molar-refractivity contribution in [2.24, 2.45) is 0 Å². The smallest absolute Gasteiger partial charge is 0.337 e. The zero-order valence-corrected chi connectivity index (χ0v) is 12.5. The predicted octanol–water partition coefficient (Wildman–Crippen LogP) is 3.56. The SMILES string of the molecule is [C-]#[N+]c1cnc2ccc(Cc3cc(C(=O)OC)ccn3)cc2c1. The van der Waals surface area contributed by atoms with Crippen molar-refractivity contribution in [1.29, 1.82) is 0 Å². The Labute approximate surface area is 133 Å². The molecule has 0 spiro atoms. The quantitative estimate of drug-likeness (QED) is 0.548. The molecule has 0 aliphatic heterocycles. The molecule has 5 heteroatoms. The number of benzene rings is 1. The Kier molecular flexibility index (Phi) is 3.98. The molecule has 0 unspecified atom stereocenters. The highest BCUT2D eigenvalue weighted by Gasteiger charge is 2.07. The number of hydrogen-bond acceptors (Lipinski definition) is 4. The number of methoxy groups -OCH3 is 1. The minimum Gasteiger partial charge on any atom is -0.465 e. The molecule has 3 aromatic rings. The van der Waals surface area contributed by atoms with E-state index in [1.165, 1.54) is 7.11 Å². The fourth-order valence-electron chi connectivity index (χ4n) is 2.37. The van der Waals surface area contributed by atoms with Gasteiger partial charge in [0.2, 0.25) is 5.69 Å². The lowest BCUT2D eigenvalue weighted by Crippen LogP contribution is -2.03. The zero-order chi connectivity index (χ0) is 16.2. The van der Waals surface area contributed by atoms with E-state index in [-0.39, 0.29) is 5.97 Å². The van der Waals surface area contributed by atoms with Gasteiger partial charge in [-0.25, -0.2) is 9.64 Å². The summed E-state index contributed by atoms with van der Waals surface area (Å²) in [5.74, 6) is -0.377. The Bertz CT molecular complexity index is 929. The Balaban J connectivity index is 1.92. The molecule has 0 bridgehead atoms. The number of carbonyl (C=O) groups excluding carboxylic acids is 1. The van der Waals surface area contributed by atoms with Gasteiger partial charge in [-0.1, -0.05) is 12.1 Å². The van der Waals surface area contributed by atoms with Gasteiger partial charge < -0.3 is 4.74 Å². The van der Waals surface area contributed by atoms with Crippen molar-refractivity contribution in [2.75, 3.05) is 7.11 Å². The summed E-state index contributed by atoms with van der Waals surface area (Å²) in [6.45, 7) is 7.07. The standard InChI is InChI=1S/C18H13N3O2/c1-19-16-10-14-7-12(3-4-17(14)21-11-16)8-15-9-13(5-6-20-15)18(22)23-2/h3-7,9-11H,8H2,2H3. The van der Waals surface area contributed by atoms with Crippen LogP contribution in [0.25, 0.3) is 15.7 Å². The highest BCUT2D eigenvalue weighted by atomic mass is 16.5. The summed E-state index contributed by atoms with van der Waals surface area (Å²) in [6.07, 6.45) is 3.75. The maximum Gasteiger partial charge on any atom is 0.337 e. The van der Waals surface area contributed by atoms with Crippen LogP contribution in [0, 0.1) is 6.57 Å². The van der Waals surface area contributed by atoms with Crippen molar-refractivity contribution in [3.05, 3.63) is 77.0 Å². The van der Waals surface area contributed by atoms with Gasteiger partial charge in [-0.3, -0.25) is 9.97 Å². The number of ether oxygens (including phenoxy) is 1. The molecule has 0 radical (unpaired) electrons. The van der Waals surface area contributed by atoms with E-state index >= 15 is 0 Å². The number of rotatable bonds is 3. The first-order valence-corrected chi connectivity index (χ1v) is 6.99. The van der Waals surface area contributed by atoms with Crippen LogP contribution in [0.4, 0.5) is 5.69 Å². The van der Waals surface area contributed by atoms with Gasteiger partial charge in [-0.15, -0.1) is 0 Å². The Morgan fingerprint density at radius 2 is 2.09 bits per heavy atom.